The van der Waals surface area contributed by atoms with Crippen LogP contribution < -0.4 is 15.0 Å². The Balaban J connectivity index is 2.35. The van der Waals surface area contributed by atoms with E-state index in [-0.39, 0.29) is 17.0 Å². The molecule has 2 rings (SSSR count). The summed E-state index contributed by atoms with van der Waals surface area (Å²) in [5.41, 5.74) is 0.276. The SMILES string of the molecule is CCCCCCCCOc1c(OCCCCCC)c2ccc([N+](=O)[O-])cc2n(CCCCCCCC)c1=O. The van der Waals surface area contributed by atoms with Gasteiger partial charge in [0, 0.05) is 24.1 Å². The van der Waals surface area contributed by atoms with Crippen molar-refractivity contribution in [2.24, 2.45) is 0 Å². The second-order valence-corrected chi connectivity index (χ2v) is 10.4. The van der Waals surface area contributed by atoms with Crippen molar-refractivity contribution in [2.45, 2.75) is 130 Å². The van der Waals surface area contributed by atoms with Gasteiger partial charge in [-0.3, -0.25) is 14.9 Å². The van der Waals surface area contributed by atoms with E-state index in [2.05, 4.69) is 20.8 Å². The standard InChI is InChI=1S/C31H50N2O5/c1-4-7-10-13-15-17-22-32-28-25-26(33(35)36)20-21-27(28)29(37-23-18-12-9-6-3)30(31(32)34)38-24-19-16-14-11-8-5-2/h20-21,25H,4-19,22-24H2,1-3H3. The number of pyridine rings is 1. The first kappa shape index (κ1) is 31.6. The van der Waals surface area contributed by atoms with Gasteiger partial charge < -0.3 is 14.0 Å². The zero-order valence-electron chi connectivity index (χ0n) is 24.1. The highest BCUT2D eigenvalue weighted by Gasteiger charge is 2.22. The highest BCUT2D eigenvalue weighted by atomic mass is 16.6. The lowest BCUT2D eigenvalue weighted by molar-refractivity contribution is -0.384. The van der Waals surface area contributed by atoms with Crippen LogP contribution >= 0.6 is 0 Å². The maximum atomic E-state index is 13.8. The van der Waals surface area contributed by atoms with Crippen LogP contribution in [-0.2, 0) is 6.54 Å². The molecule has 0 aliphatic rings. The van der Waals surface area contributed by atoms with Gasteiger partial charge in [-0.1, -0.05) is 104 Å². The van der Waals surface area contributed by atoms with Gasteiger partial charge in [-0.25, -0.2) is 0 Å². The van der Waals surface area contributed by atoms with Gasteiger partial charge in [0.1, 0.15) is 0 Å². The zero-order chi connectivity index (χ0) is 27.6. The second-order valence-electron chi connectivity index (χ2n) is 10.4. The van der Waals surface area contributed by atoms with E-state index in [1.54, 1.807) is 10.6 Å². The molecule has 7 nitrogen and oxygen atoms in total. The molecule has 1 aromatic heterocycles. The molecule has 1 heterocycles. The van der Waals surface area contributed by atoms with Crippen molar-refractivity contribution in [2.75, 3.05) is 13.2 Å². The molecule has 0 bridgehead atoms. The summed E-state index contributed by atoms with van der Waals surface area (Å²) in [7, 11) is 0. The fourth-order valence-corrected chi connectivity index (χ4v) is 4.80. The lowest BCUT2D eigenvalue weighted by Crippen LogP contribution is -2.24. The number of fused-ring (bicyclic) bond motifs is 1. The molecule has 7 heteroatoms. The Hall–Kier alpha value is -2.57. The lowest BCUT2D eigenvalue weighted by Gasteiger charge is -2.19. The monoisotopic (exact) mass is 530 g/mol. The van der Waals surface area contributed by atoms with Crippen molar-refractivity contribution in [1.82, 2.24) is 4.57 Å². The molecule has 38 heavy (non-hydrogen) atoms. The Labute approximate surface area is 229 Å². The van der Waals surface area contributed by atoms with Crippen LogP contribution in [0.2, 0.25) is 0 Å². The first-order chi connectivity index (χ1) is 18.5. The van der Waals surface area contributed by atoms with Crippen LogP contribution in [0.4, 0.5) is 5.69 Å². The van der Waals surface area contributed by atoms with Crippen molar-refractivity contribution in [3.05, 3.63) is 38.7 Å². The number of aryl methyl sites for hydroxylation is 1. The van der Waals surface area contributed by atoms with Crippen LogP contribution in [0, 0.1) is 10.1 Å². The van der Waals surface area contributed by atoms with Gasteiger partial charge in [-0.05, 0) is 25.3 Å². The summed E-state index contributed by atoms with van der Waals surface area (Å²) in [5.74, 6) is 0.683. The van der Waals surface area contributed by atoms with Gasteiger partial charge in [-0.2, -0.15) is 0 Å². The number of nitro groups is 1. The molecule has 0 amide bonds. The van der Waals surface area contributed by atoms with Crippen molar-refractivity contribution in [3.8, 4) is 11.5 Å². The van der Waals surface area contributed by atoms with Crippen LogP contribution in [0.1, 0.15) is 124 Å². The summed E-state index contributed by atoms with van der Waals surface area (Å²) < 4.78 is 14.0. The van der Waals surface area contributed by atoms with E-state index < -0.39 is 4.92 Å². The number of rotatable bonds is 22. The minimum atomic E-state index is -0.409. The number of nitro benzene ring substituents is 1. The molecular formula is C31H50N2O5. The van der Waals surface area contributed by atoms with E-state index in [1.165, 1.54) is 57.1 Å². The molecule has 2 aromatic rings. The fraction of sp³-hybridized carbons (Fsp3) is 0.710. The largest absolute Gasteiger partial charge is 0.489 e. The third kappa shape index (κ3) is 10.3. The quantitative estimate of drug-likeness (QED) is 0.0861. The summed E-state index contributed by atoms with van der Waals surface area (Å²) in [6, 6.07) is 4.71. The summed E-state index contributed by atoms with van der Waals surface area (Å²) in [6.45, 7) is 8.02. The molecule has 0 N–H and O–H groups in total. The Kier molecular flexibility index (Phi) is 15.5. The Morgan fingerprint density at radius 3 is 1.79 bits per heavy atom. The second kappa shape index (κ2) is 18.6. The molecule has 0 atom stereocenters. The number of hydrogen-bond donors (Lipinski definition) is 0. The van der Waals surface area contributed by atoms with Crippen LogP contribution in [0.25, 0.3) is 10.9 Å². The van der Waals surface area contributed by atoms with Gasteiger partial charge in [-0.15, -0.1) is 0 Å². The van der Waals surface area contributed by atoms with E-state index in [0.717, 1.165) is 57.8 Å². The molecule has 0 unspecified atom stereocenters. The van der Waals surface area contributed by atoms with Crippen LogP contribution in [0.15, 0.2) is 23.0 Å². The molecular weight excluding hydrogens is 480 g/mol. The van der Waals surface area contributed by atoms with Crippen molar-refractivity contribution < 1.29 is 14.4 Å². The minimum Gasteiger partial charge on any atom is -0.489 e. The topological polar surface area (TPSA) is 83.6 Å². The molecule has 1 aromatic carbocycles. The third-order valence-corrected chi connectivity index (χ3v) is 7.10. The normalized spacial score (nSPS) is 11.2. The predicted octanol–water partition coefficient (Wildman–Crippen LogP) is 8.97. The average molecular weight is 531 g/mol. The Morgan fingerprint density at radius 1 is 0.711 bits per heavy atom. The Bertz CT molecular complexity index is 1020. The minimum absolute atomic E-state index is 0.0248. The highest BCUT2D eigenvalue weighted by Crippen LogP contribution is 2.35. The maximum absolute atomic E-state index is 13.8. The van der Waals surface area contributed by atoms with E-state index >= 15 is 0 Å². The molecule has 0 aliphatic heterocycles. The number of non-ortho nitro benzene ring substituents is 1. The first-order valence-electron chi connectivity index (χ1n) is 15.2. The van der Waals surface area contributed by atoms with E-state index in [9.17, 15) is 14.9 Å². The van der Waals surface area contributed by atoms with Crippen LogP contribution in [-0.4, -0.2) is 22.7 Å². The first-order valence-corrected chi connectivity index (χ1v) is 15.2. The van der Waals surface area contributed by atoms with Gasteiger partial charge >= 0.3 is 0 Å². The molecule has 0 aliphatic carbocycles. The number of aromatic nitrogens is 1. The zero-order valence-corrected chi connectivity index (χ0v) is 24.1. The Morgan fingerprint density at radius 2 is 1.21 bits per heavy atom. The predicted molar refractivity (Wildman–Crippen MR) is 157 cm³/mol. The highest BCUT2D eigenvalue weighted by molar-refractivity contribution is 5.89. The van der Waals surface area contributed by atoms with Crippen LogP contribution in [0.3, 0.4) is 0 Å². The van der Waals surface area contributed by atoms with E-state index in [0.29, 0.717) is 36.4 Å². The van der Waals surface area contributed by atoms with Gasteiger partial charge in [0.05, 0.1) is 23.7 Å². The van der Waals surface area contributed by atoms with Crippen molar-refractivity contribution in [3.63, 3.8) is 0 Å². The summed E-state index contributed by atoms with van der Waals surface area (Å²) in [5, 5.41) is 12.3. The number of hydrogen-bond acceptors (Lipinski definition) is 5. The maximum Gasteiger partial charge on any atom is 0.297 e. The molecule has 0 radical (unpaired) electrons. The summed E-state index contributed by atoms with van der Waals surface area (Å²) in [4.78, 5) is 24.9. The molecule has 0 saturated heterocycles. The third-order valence-electron chi connectivity index (χ3n) is 7.10. The fourth-order valence-electron chi connectivity index (χ4n) is 4.80. The number of ether oxygens (including phenoxy) is 2. The smallest absolute Gasteiger partial charge is 0.297 e. The average Bonchev–Trinajstić information content (AvgIpc) is 2.91. The molecule has 0 fully saturated rings. The number of unbranched alkanes of at least 4 members (excludes halogenated alkanes) is 13. The van der Waals surface area contributed by atoms with E-state index in [1.807, 2.05) is 0 Å². The van der Waals surface area contributed by atoms with Gasteiger partial charge in [0.25, 0.3) is 11.2 Å². The summed E-state index contributed by atoms with van der Waals surface area (Å²) >= 11 is 0. The molecule has 0 saturated carbocycles. The molecule has 0 spiro atoms. The number of benzene rings is 1. The van der Waals surface area contributed by atoms with Gasteiger partial charge in [0.2, 0.25) is 5.75 Å². The van der Waals surface area contributed by atoms with Gasteiger partial charge in [0.15, 0.2) is 5.75 Å². The van der Waals surface area contributed by atoms with Crippen molar-refractivity contribution >= 4 is 16.6 Å². The summed E-state index contributed by atoms with van der Waals surface area (Å²) in [6.07, 6.45) is 17.6. The molecule has 214 valence electrons. The van der Waals surface area contributed by atoms with Crippen molar-refractivity contribution in [1.29, 1.82) is 0 Å². The van der Waals surface area contributed by atoms with E-state index in [4.69, 9.17) is 9.47 Å². The lowest BCUT2D eigenvalue weighted by atomic mass is 10.1. The number of nitrogens with zero attached hydrogens (tertiary/aromatic N) is 2. The van der Waals surface area contributed by atoms with Crippen LogP contribution in [0.5, 0.6) is 11.5 Å².